The Morgan fingerprint density at radius 2 is 2.15 bits per heavy atom. The van der Waals surface area contributed by atoms with Crippen molar-refractivity contribution in [2.24, 2.45) is 11.1 Å². The molecule has 27 heavy (non-hydrogen) atoms. The summed E-state index contributed by atoms with van der Waals surface area (Å²) in [6, 6.07) is 5.54. The fourth-order valence-electron chi connectivity index (χ4n) is 3.01. The minimum absolute atomic E-state index is 0.114. The van der Waals surface area contributed by atoms with Crippen molar-refractivity contribution in [1.29, 1.82) is 0 Å². The molecule has 1 aromatic carbocycles. The van der Waals surface area contributed by atoms with E-state index >= 15 is 0 Å². The number of thiophene rings is 1. The Kier molecular flexibility index (Phi) is 5.64. The predicted molar refractivity (Wildman–Crippen MR) is 102 cm³/mol. The van der Waals surface area contributed by atoms with Gasteiger partial charge in [0.05, 0.1) is 10.5 Å². The van der Waals surface area contributed by atoms with Crippen LogP contribution in [0, 0.1) is 5.92 Å². The summed E-state index contributed by atoms with van der Waals surface area (Å²) in [7, 11) is -3.86. The van der Waals surface area contributed by atoms with E-state index in [-0.39, 0.29) is 10.6 Å². The number of ether oxygens (including phenoxy) is 1. The first-order chi connectivity index (χ1) is 12.7. The molecule has 0 saturated heterocycles. The smallest absolute Gasteiger partial charge is 0.339 e. The number of amides is 1. The number of rotatable bonds is 5. The number of primary sulfonamides is 1. The van der Waals surface area contributed by atoms with E-state index in [4.69, 9.17) is 9.88 Å². The maximum atomic E-state index is 12.3. The van der Waals surface area contributed by atoms with Crippen LogP contribution in [0.25, 0.3) is 0 Å². The summed E-state index contributed by atoms with van der Waals surface area (Å²) in [6.07, 6.45) is 2.84. The van der Waals surface area contributed by atoms with Gasteiger partial charge in [-0.3, -0.25) is 4.79 Å². The molecule has 0 aliphatic heterocycles. The van der Waals surface area contributed by atoms with Crippen molar-refractivity contribution >= 4 is 38.9 Å². The molecule has 1 amide bonds. The molecular formula is C18H20N2O5S2. The van der Waals surface area contributed by atoms with E-state index in [2.05, 4.69) is 12.2 Å². The minimum atomic E-state index is -3.86. The molecule has 0 saturated carbocycles. The fourth-order valence-corrected chi connectivity index (χ4v) is 4.80. The van der Waals surface area contributed by atoms with Crippen LogP contribution in [0.4, 0.5) is 5.69 Å². The number of esters is 1. The van der Waals surface area contributed by atoms with Crippen LogP contribution in [-0.2, 0) is 32.4 Å². The van der Waals surface area contributed by atoms with Gasteiger partial charge in [0, 0.05) is 15.9 Å². The van der Waals surface area contributed by atoms with Crippen LogP contribution >= 0.6 is 11.3 Å². The molecule has 9 heteroatoms. The first-order valence-corrected chi connectivity index (χ1v) is 10.9. The van der Waals surface area contributed by atoms with E-state index in [9.17, 15) is 18.0 Å². The molecule has 0 bridgehead atoms. The number of carbonyl (C=O) groups is 2. The van der Waals surface area contributed by atoms with Gasteiger partial charge in [0.15, 0.2) is 6.61 Å². The number of hydrogen-bond donors (Lipinski definition) is 2. The van der Waals surface area contributed by atoms with Gasteiger partial charge in [0.25, 0.3) is 5.91 Å². The zero-order chi connectivity index (χ0) is 19.6. The number of fused-ring (bicyclic) bond motifs is 1. The van der Waals surface area contributed by atoms with Crippen molar-refractivity contribution in [2.75, 3.05) is 11.9 Å². The molecule has 144 valence electrons. The van der Waals surface area contributed by atoms with E-state index in [0.717, 1.165) is 24.8 Å². The van der Waals surface area contributed by atoms with E-state index in [0.29, 0.717) is 11.5 Å². The Morgan fingerprint density at radius 1 is 1.37 bits per heavy atom. The maximum absolute atomic E-state index is 12.3. The zero-order valence-electron chi connectivity index (χ0n) is 14.7. The molecule has 0 unspecified atom stereocenters. The monoisotopic (exact) mass is 408 g/mol. The summed E-state index contributed by atoms with van der Waals surface area (Å²) in [5, 5.41) is 9.34. The van der Waals surface area contributed by atoms with Crippen LogP contribution in [0.1, 0.15) is 34.1 Å². The van der Waals surface area contributed by atoms with Crippen LogP contribution in [0.3, 0.4) is 0 Å². The van der Waals surface area contributed by atoms with Gasteiger partial charge in [-0.05, 0) is 48.9 Å². The van der Waals surface area contributed by atoms with Crippen molar-refractivity contribution in [3.8, 4) is 0 Å². The molecule has 1 heterocycles. The van der Waals surface area contributed by atoms with Crippen molar-refractivity contribution < 1.29 is 22.7 Å². The van der Waals surface area contributed by atoms with Crippen molar-refractivity contribution in [3.05, 3.63) is 45.6 Å². The van der Waals surface area contributed by atoms with Gasteiger partial charge < -0.3 is 10.1 Å². The average Bonchev–Trinajstić information content (AvgIpc) is 3.02. The predicted octanol–water partition coefficient (Wildman–Crippen LogP) is 2.32. The highest BCUT2D eigenvalue weighted by molar-refractivity contribution is 7.89. The maximum Gasteiger partial charge on any atom is 0.339 e. The Bertz CT molecular complexity index is 981. The van der Waals surface area contributed by atoms with Gasteiger partial charge >= 0.3 is 5.97 Å². The summed E-state index contributed by atoms with van der Waals surface area (Å²) in [5.41, 5.74) is 1.82. The third kappa shape index (κ3) is 4.74. The number of benzene rings is 1. The van der Waals surface area contributed by atoms with Gasteiger partial charge in [0.2, 0.25) is 10.0 Å². The van der Waals surface area contributed by atoms with Crippen molar-refractivity contribution in [3.63, 3.8) is 0 Å². The number of nitrogens with two attached hydrogens (primary N) is 1. The Balaban J connectivity index is 1.59. The van der Waals surface area contributed by atoms with Crippen LogP contribution in [0.2, 0.25) is 0 Å². The first kappa shape index (κ1) is 19.5. The summed E-state index contributed by atoms with van der Waals surface area (Å²) < 4.78 is 27.8. The second-order valence-corrected chi connectivity index (χ2v) is 9.12. The zero-order valence-corrected chi connectivity index (χ0v) is 16.4. The number of carbonyl (C=O) groups excluding carboxylic acids is 2. The second-order valence-electron chi connectivity index (χ2n) is 6.60. The van der Waals surface area contributed by atoms with Crippen LogP contribution in [0.5, 0.6) is 0 Å². The third-order valence-corrected chi connectivity index (χ3v) is 6.36. The number of hydrogen-bond acceptors (Lipinski definition) is 6. The third-order valence-electron chi connectivity index (χ3n) is 4.40. The highest BCUT2D eigenvalue weighted by Gasteiger charge is 2.24. The molecule has 0 fully saturated rings. The summed E-state index contributed by atoms with van der Waals surface area (Å²) in [4.78, 5) is 25.4. The standard InChI is InChI=1S/C18H20N2O5S2/c1-11-5-6-14-15(10-26-16(14)7-11)18(22)25-9-17(21)20-12-3-2-4-13(8-12)27(19,23)24/h2-4,8,10-11H,5-7,9H2,1H3,(H,20,21)(H2,19,23,24)/t11-/m1/s1. The molecule has 3 N–H and O–H groups in total. The summed E-state index contributed by atoms with van der Waals surface area (Å²) >= 11 is 1.55. The lowest BCUT2D eigenvalue weighted by Gasteiger charge is -2.18. The van der Waals surface area contributed by atoms with Gasteiger partial charge in [0.1, 0.15) is 0 Å². The molecule has 3 rings (SSSR count). The minimum Gasteiger partial charge on any atom is -0.452 e. The van der Waals surface area contributed by atoms with E-state index in [1.54, 1.807) is 16.7 Å². The Labute approximate surface area is 161 Å². The lowest BCUT2D eigenvalue weighted by molar-refractivity contribution is -0.119. The highest BCUT2D eigenvalue weighted by atomic mass is 32.2. The largest absolute Gasteiger partial charge is 0.452 e. The summed E-state index contributed by atoms with van der Waals surface area (Å²) in [6.45, 7) is 1.73. The molecule has 1 aliphatic carbocycles. The molecule has 1 aromatic heterocycles. The van der Waals surface area contributed by atoms with Gasteiger partial charge in [-0.2, -0.15) is 0 Å². The molecule has 2 aromatic rings. The normalized spacial score (nSPS) is 16.4. The van der Waals surface area contributed by atoms with Gasteiger partial charge in [-0.1, -0.05) is 13.0 Å². The quantitative estimate of drug-likeness (QED) is 0.737. The summed E-state index contributed by atoms with van der Waals surface area (Å²) in [5.74, 6) is -0.470. The first-order valence-electron chi connectivity index (χ1n) is 8.43. The molecule has 0 spiro atoms. The van der Waals surface area contributed by atoms with E-state index in [1.165, 1.54) is 29.1 Å². The van der Waals surface area contributed by atoms with Gasteiger partial charge in [-0.25, -0.2) is 18.4 Å². The number of nitrogens with one attached hydrogen (secondary N) is 1. The molecular weight excluding hydrogens is 388 g/mol. The number of sulfonamides is 1. The second kappa shape index (κ2) is 7.79. The SMILES string of the molecule is C[C@@H]1CCc2c(C(=O)OCC(=O)Nc3cccc(S(N)(=O)=O)c3)csc2C1. The van der Waals surface area contributed by atoms with Crippen LogP contribution in [-0.4, -0.2) is 26.9 Å². The number of anilines is 1. The molecule has 1 atom stereocenters. The van der Waals surface area contributed by atoms with Crippen LogP contribution < -0.4 is 10.5 Å². The lowest BCUT2D eigenvalue weighted by atomic mass is 9.88. The molecule has 0 radical (unpaired) electrons. The van der Waals surface area contributed by atoms with Crippen molar-refractivity contribution in [2.45, 2.75) is 31.1 Å². The molecule has 7 nitrogen and oxygen atoms in total. The van der Waals surface area contributed by atoms with Crippen molar-refractivity contribution in [1.82, 2.24) is 0 Å². The fraction of sp³-hybridized carbons (Fsp3) is 0.333. The van der Waals surface area contributed by atoms with Gasteiger partial charge in [-0.15, -0.1) is 11.3 Å². The lowest BCUT2D eigenvalue weighted by Crippen LogP contribution is -2.22. The topological polar surface area (TPSA) is 116 Å². The van der Waals surface area contributed by atoms with E-state index < -0.39 is 28.5 Å². The molecule has 1 aliphatic rings. The van der Waals surface area contributed by atoms with Crippen LogP contribution in [0.15, 0.2) is 34.5 Å². The Morgan fingerprint density at radius 3 is 2.89 bits per heavy atom. The highest BCUT2D eigenvalue weighted by Crippen LogP contribution is 2.33. The van der Waals surface area contributed by atoms with E-state index in [1.807, 2.05) is 0 Å². The Hall–Kier alpha value is -2.23. The average molecular weight is 409 g/mol.